The van der Waals surface area contributed by atoms with E-state index in [0.29, 0.717) is 30.1 Å². The number of carbonyl (C=O) groups is 3. The summed E-state index contributed by atoms with van der Waals surface area (Å²) in [5.41, 5.74) is 4.60. The number of hydrogen-bond acceptors (Lipinski definition) is 7. The van der Waals surface area contributed by atoms with Gasteiger partial charge < -0.3 is 19.7 Å². The fourth-order valence-electron chi connectivity index (χ4n) is 5.27. The fourth-order valence-corrected chi connectivity index (χ4v) is 5.27. The van der Waals surface area contributed by atoms with Crippen LogP contribution in [0.25, 0.3) is 0 Å². The van der Waals surface area contributed by atoms with E-state index in [1.54, 1.807) is 30.0 Å². The van der Waals surface area contributed by atoms with Gasteiger partial charge in [0, 0.05) is 38.4 Å². The highest BCUT2D eigenvalue weighted by molar-refractivity contribution is 6.24. The van der Waals surface area contributed by atoms with E-state index < -0.39 is 17.5 Å². The van der Waals surface area contributed by atoms with Crippen LogP contribution >= 0.6 is 0 Å². The standard InChI is InChI=1S/C34H38N4O5/c1-5-42-32(40)25-13-16-27-28(21-25)36-31(39)29(27)30(24-9-7-6-8-10-24)35-26-14-11-23(12-15-26)22-37-17-19-38(20-18-37)33(41)43-34(2,3)4/h6-16,21,29H,5,17-20,22H2,1-4H3,(H,36,39). The van der Waals surface area contributed by atoms with Crippen LogP contribution in [0.1, 0.15) is 60.7 Å². The number of rotatable bonds is 7. The summed E-state index contributed by atoms with van der Waals surface area (Å²) in [4.78, 5) is 47.0. The summed E-state index contributed by atoms with van der Waals surface area (Å²) in [5, 5.41) is 2.93. The minimum absolute atomic E-state index is 0.194. The van der Waals surface area contributed by atoms with Crippen molar-refractivity contribution in [3.05, 3.63) is 95.1 Å². The number of piperazine rings is 1. The lowest BCUT2D eigenvalue weighted by Crippen LogP contribution is -2.49. The monoisotopic (exact) mass is 582 g/mol. The normalized spacial score (nSPS) is 17.3. The predicted octanol–water partition coefficient (Wildman–Crippen LogP) is 5.77. The van der Waals surface area contributed by atoms with E-state index in [2.05, 4.69) is 22.3 Å². The maximum atomic E-state index is 13.3. The Kier molecular flexibility index (Phi) is 8.92. The molecule has 224 valence electrons. The highest BCUT2D eigenvalue weighted by atomic mass is 16.6. The largest absolute Gasteiger partial charge is 0.462 e. The van der Waals surface area contributed by atoms with E-state index in [0.717, 1.165) is 42.0 Å². The maximum absolute atomic E-state index is 13.3. The number of amides is 2. The first-order chi connectivity index (χ1) is 20.6. The molecule has 0 bridgehead atoms. The van der Waals surface area contributed by atoms with Gasteiger partial charge in [0.25, 0.3) is 0 Å². The smallest absolute Gasteiger partial charge is 0.410 e. The van der Waals surface area contributed by atoms with Crippen LogP contribution in [-0.2, 0) is 20.8 Å². The van der Waals surface area contributed by atoms with Gasteiger partial charge in [-0.15, -0.1) is 0 Å². The van der Waals surface area contributed by atoms with Gasteiger partial charge in [0.1, 0.15) is 11.5 Å². The van der Waals surface area contributed by atoms with Crippen molar-refractivity contribution in [2.75, 3.05) is 38.1 Å². The van der Waals surface area contributed by atoms with Crippen molar-refractivity contribution in [3.63, 3.8) is 0 Å². The number of hydrogen-bond donors (Lipinski definition) is 1. The average Bonchev–Trinajstić information content (AvgIpc) is 3.31. The van der Waals surface area contributed by atoms with Gasteiger partial charge in [0.15, 0.2) is 0 Å². The van der Waals surface area contributed by atoms with Crippen molar-refractivity contribution in [1.29, 1.82) is 0 Å². The summed E-state index contributed by atoms with van der Waals surface area (Å²) in [5.74, 6) is -1.25. The van der Waals surface area contributed by atoms with Crippen LogP contribution in [0, 0.1) is 0 Å². The molecule has 0 spiro atoms. The van der Waals surface area contributed by atoms with Gasteiger partial charge in [-0.25, -0.2) is 9.59 Å². The lowest BCUT2D eigenvalue weighted by molar-refractivity contribution is -0.115. The van der Waals surface area contributed by atoms with Crippen molar-refractivity contribution in [2.45, 2.75) is 45.8 Å². The minimum atomic E-state index is -0.630. The number of fused-ring (bicyclic) bond motifs is 1. The minimum Gasteiger partial charge on any atom is -0.462 e. The van der Waals surface area contributed by atoms with Crippen LogP contribution in [0.4, 0.5) is 16.2 Å². The molecule has 2 heterocycles. The molecule has 0 saturated carbocycles. The highest BCUT2D eigenvalue weighted by Crippen LogP contribution is 2.37. The van der Waals surface area contributed by atoms with Crippen LogP contribution in [0.3, 0.4) is 0 Å². The van der Waals surface area contributed by atoms with Crippen molar-refractivity contribution < 1.29 is 23.9 Å². The van der Waals surface area contributed by atoms with Crippen LogP contribution in [0.2, 0.25) is 0 Å². The van der Waals surface area contributed by atoms with Gasteiger partial charge in [-0.1, -0.05) is 48.5 Å². The Hall–Kier alpha value is -4.50. The number of esters is 1. The molecular formula is C34H38N4O5. The third kappa shape index (κ3) is 7.29. The molecule has 1 unspecified atom stereocenters. The molecule has 0 radical (unpaired) electrons. The Bertz CT molecular complexity index is 1500. The Morgan fingerprint density at radius 1 is 0.930 bits per heavy atom. The van der Waals surface area contributed by atoms with Gasteiger partial charge in [-0.3, -0.25) is 14.7 Å². The molecule has 0 aromatic heterocycles. The van der Waals surface area contributed by atoms with Crippen molar-refractivity contribution >= 4 is 35.1 Å². The molecule has 2 aliphatic rings. The molecule has 1 N–H and O–H groups in total. The van der Waals surface area contributed by atoms with E-state index >= 15 is 0 Å². The van der Waals surface area contributed by atoms with Gasteiger partial charge in [0.05, 0.1) is 23.6 Å². The summed E-state index contributed by atoms with van der Waals surface area (Å²) < 4.78 is 10.6. The average molecular weight is 583 g/mol. The molecule has 1 atom stereocenters. The molecule has 1 fully saturated rings. The lowest BCUT2D eigenvalue weighted by atomic mass is 9.90. The third-order valence-corrected chi connectivity index (χ3v) is 7.35. The highest BCUT2D eigenvalue weighted by Gasteiger charge is 2.36. The molecular weight excluding hydrogens is 544 g/mol. The van der Waals surface area contributed by atoms with Crippen molar-refractivity contribution in [3.8, 4) is 0 Å². The number of anilines is 1. The summed E-state index contributed by atoms with van der Waals surface area (Å²) in [6.07, 6.45) is -0.262. The second-order valence-electron chi connectivity index (χ2n) is 11.7. The first-order valence-corrected chi connectivity index (χ1v) is 14.7. The fraction of sp³-hybridized carbons (Fsp3) is 0.353. The zero-order valence-electron chi connectivity index (χ0n) is 25.1. The molecule has 2 aliphatic heterocycles. The van der Waals surface area contributed by atoms with E-state index in [1.165, 1.54) is 0 Å². The second-order valence-corrected chi connectivity index (χ2v) is 11.7. The number of aliphatic imine (C=N–C) groups is 1. The van der Waals surface area contributed by atoms with Crippen LogP contribution in [0.5, 0.6) is 0 Å². The molecule has 2 amide bonds. The van der Waals surface area contributed by atoms with E-state index in [1.807, 2.05) is 63.2 Å². The Morgan fingerprint density at radius 2 is 1.63 bits per heavy atom. The zero-order valence-corrected chi connectivity index (χ0v) is 25.1. The van der Waals surface area contributed by atoms with Gasteiger partial charge in [-0.2, -0.15) is 0 Å². The zero-order chi connectivity index (χ0) is 30.6. The molecule has 1 saturated heterocycles. The van der Waals surface area contributed by atoms with Crippen LogP contribution in [-0.4, -0.2) is 71.9 Å². The summed E-state index contributed by atoms with van der Waals surface area (Å²) in [6.45, 7) is 11.2. The van der Waals surface area contributed by atoms with E-state index in [4.69, 9.17) is 14.5 Å². The van der Waals surface area contributed by atoms with E-state index in [-0.39, 0.29) is 18.6 Å². The Morgan fingerprint density at radius 3 is 2.28 bits per heavy atom. The van der Waals surface area contributed by atoms with Gasteiger partial charge in [-0.05, 0) is 68.7 Å². The van der Waals surface area contributed by atoms with Crippen LogP contribution < -0.4 is 5.32 Å². The summed E-state index contributed by atoms with van der Waals surface area (Å²) >= 11 is 0. The summed E-state index contributed by atoms with van der Waals surface area (Å²) in [6, 6.07) is 22.9. The molecule has 9 nitrogen and oxygen atoms in total. The number of benzene rings is 3. The first kappa shape index (κ1) is 30.0. The maximum Gasteiger partial charge on any atom is 0.410 e. The Labute approximate surface area is 252 Å². The molecule has 5 rings (SSSR count). The number of nitrogens with one attached hydrogen (secondary N) is 1. The number of nitrogens with zero attached hydrogens (tertiary/aromatic N) is 3. The Balaban J connectivity index is 1.32. The predicted molar refractivity (Wildman–Crippen MR) is 166 cm³/mol. The van der Waals surface area contributed by atoms with E-state index in [9.17, 15) is 14.4 Å². The summed E-state index contributed by atoms with van der Waals surface area (Å²) in [7, 11) is 0. The molecule has 0 aliphatic carbocycles. The molecule has 9 heteroatoms. The number of carbonyl (C=O) groups excluding carboxylic acids is 3. The number of ether oxygens (including phenoxy) is 2. The molecule has 3 aromatic rings. The first-order valence-electron chi connectivity index (χ1n) is 14.7. The van der Waals surface area contributed by atoms with Crippen molar-refractivity contribution in [2.24, 2.45) is 4.99 Å². The van der Waals surface area contributed by atoms with Gasteiger partial charge >= 0.3 is 12.1 Å². The molecule has 3 aromatic carbocycles. The van der Waals surface area contributed by atoms with Crippen LogP contribution in [0.15, 0.2) is 77.8 Å². The topological polar surface area (TPSA) is 101 Å². The third-order valence-electron chi connectivity index (χ3n) is 7.35. The SMILES string of the molecule is CCOC(=O)c1ccc2c(c1)NC(=O)C2C(=Nc1ccc(CN2CCN(C(=O)OC(C)(C)C)CC2)cc1)c1ccccc1. The lowest BCUT2D eigenvalue weighted by Gasteiger charge is -2.35. The quantitative estimate of drug-likeness (QED) is 0.280. The van der Waals surface area contributed by atoms with Gasteiger partial charge in [0.2, 0.25) is 5.91 Å². The van der Waals surface area contributed by atoms with Crippen molar-refractivity contribution in [1.82, 2.24) is 9.80 Å². The second kappa shape index (κ2) is 12.8. The molecule has 43 heavy (non-hydrogen) atoms.